The van der Waals surface area contributed by atoms with Gasteiger partial charge in [0.2, 0.25) is 0 Å². The Hall–Kier alpha value is -3.04. The summed E-state index contributed by atoms with van der Waals surface area (Å²) in [6.45, 7) is 0.111. The third-order valence-corrected chi connectivity index (χ3v) is 3.85. The Bertz CT molecular complexity index is 809. The number of anilines is 1. The number of aliphatic hydroxyl groups excluding tert-OH is 1. The van der Waals surface area contributed by atoms with Crippen LogP contribution < -0.4 is 14.4 Å². The monoisotopic (exact) mass is 324 g/mol. The standard InChI is InChI=1S/C18H16N2O4/c1-23-16-7-14(10-21)6-15-18(16)24-11-17(22)20(15)9-13-4-2-12(8-19)3-5-13/h2-7,21H,9-11H2,1H3. The Balaban J connectivity index is 1.99. The van der Waals surface area contributed by atoms with E-state index in [1.165, 1.54) is 7.11 Å². The summed E-state index contributed by atoms with van der Waals surface area (Å²) in [5.74, 6) is 0.792. The SMILES string of the molecule is COc1cc(CO)cc2c1OCC(=O)N2Cc1ccc(C#N)cc1. The molecule has 0 saturated heterocycles. The van der Waals surface area contributed by atoms with Crippen LogP contribution in [0.5, 0.6) is 11.5 Å². The normalized spacial score (nSPS) is 13.0. The average Bonchev–Trinajstić information content (AvgIpc) is 2.63. The zero-order valence-corrected chi connectivity index (χ0v) is 13.2. The molecule has 24 heavy (non-hydrogen) atoms. The molecular formula is C18H16N2O4. The van der Waals surface area contributed by atoms with Crippen LogP contribution in [0.3, 0.4) is 0 Å². The van der Waals surface area contributed by atoms with Crippen molar-refractivity contribution in [2.24, 2.45) is 0 Å². The van der Waals surface area contributed by atoms with Gasteiger partial charge in [-0.2, -0.15) is 5.26 Å². The van der Waals surface area contributed by atoms with E-state index in [1.54, 1.807) is 29.2 Å². The summed E-state index contributed by atoms with van der Waals surface area (Å²) < 4.78 is 10.8. The Morgan fingerprint density at radius 1 is 1.29 bits per heavy atom. The summed E-state index contributed by atoms with van der Waals surface area (Å²) >= 11 is 0. The topological polar surface area (TPSA) is 82.8 Å². The van der Waals surface area contributed by atoms with Gasteiger partial charge in [0.15, 0.2) is 18.1 Å². The lowest BCUT2D eigenvalue weighted by Crippen LogP contribution is -2.38. The Morgan fingerprint density at radius 2 is 2.04 bits per heavy atom. The number of carbonyl (C=O) groups is 1. The van der Waals surface area contributed by atoms with Gasteiger partial charge in [0, 0.05) is 0 Å². The highest BCUT2D eigenvalue weighted by molar-refractivity contribution is 5.98. The highest BCUT2D eigenvalue weighted by atomic mass is 16.5. The Labute approximate surface area is 139 Å². The van der Waals surface area contributed by atoms with E-state index in [4.69, 9.17) is 14.7 Å². The molecule has 3 rings (SSSR count). The maximum atomic E-state index is 12.3. The number of nitriles is 1. The van der Waals surface area contributed by atoms with E-state index in [9.17, 15) is 9.90 Å². The molecule has 0 aromatic heterocycles. The van der Waals surface area contributed by atoms with Crippen LogP contribution in [0.15, 0.2) is 36.4 Å². The number of methoxy groups -OCH3 is 1. The van der Waals surface area contributed by atoms with Crippen LogP contribution in [0.4, 0.5) is 5.69 Å². The molecule has 0 bridgehead atoms. The van der Waals surface area contributed by atoms with Gasteiger partial charge >= 0.3 is 0 Å². The minimum Gasteiger partial charge on any atom is -0.493 e. The number of rotatable bonds is 4. The summed E-state index contributed by atoms with van der Waals surface area (Å²) in [4.78, 5) is 13.9. The van der Waals surface area contributed by atoms with E-state index in [0.29, 0.717) is 34.9 Å². The molecule has 1 aliphatic heterocycles. The second kappa shape index (κ2) is 6.60. The fourth-order valence-corrected chi connectivity index (χ4v) is 2.62. The first kappa shape index (κ1) is 15.8. The van der Waals surface area contributed by atoms with Crippen molar-refractivity contribution in [3.63, 3.8) is 0 Å². The smallest absolute Gasteiger partial charge is 0.265 e. The third-order valence-electron chi connectivity index (χ3n) is 3.85. The number of hydrogen-bond donors (Lipinski definition) is 1. The molecular weight excluding hydrogens is 308 g/mol. The summed E-state index contributed by atoms with van der Waals surface area (Å²) in [5.41, 5.74) is 2.66. The quantitative estimate of drug-likeness (QED) is 0.930. The third kappa shape index (κ3) is 2.90. The number of hydrogen-bond acceptors (Lipinski definition) is 5. The fraction of sp³-hybridized carbons (Fsp3) is 0.222. The number of aliphatic hydroxyl groups is 1. The van der Waals surface area contributed by atoms with Gasteiger partial charge in [-0.05, 0) is 35.4 Å². The van der Waals surface area contributed by atoms with Gasteiger partial charge in [-0.1, -0.05) is 12.1 Å². The molecule has 0 spiro atoms. The first-order valence-corrected chi connectivity index (χ1v) is 7.40. The Kier molecular flexibility index (Phi) is 4.36. The molecule has 0 atom stereocenters. The number of nitrogens with zero attached hydrogens (tertiary/aromatic N) is 2. The molecule has 2 aromatic carbocycles. The lowest BCUT2D eigenvalue weighted by molar-refractivity contribution is -0.121. The van der Waals surface area contributed by atoms with Gasteiger partial charge in [-0.25, -0.2) is 0 Å². The number of ether oxygens (including phenoxy) is 2. The number of fused-ring (bicyclic) bond motifs is 1. The van der Waals surface area contributed by atoms with E-state index in [0.717, 1.165) is 5.56 Å². The van der Waals surface area contributed by atoms with Gasteiger partial charge in [-0.15, -0.1) is 0 Å². The fourth-order valence-electron chi connectivity index (χ4n) is 2.62. The number of benzene rings is 2. The van der Waals surface area contributed by atoms with Crippen molar-refractivity contribution in [3.05, 3.63) is 53.1 Å². The predicted octanol–water partition coefficient (Wildman–Crippen LogP) is 1.98. The van der Waals surface area contributed by atoms with Crippen molar-refractivity contribution in [1.82, 2.24) is 0 Å². The molecule has 0 saturated carbocycles. The molecule has 6 heteroatoms. The first-order valence-electron chi connectivity index (χ1n) is 7.40. The van der Waals surface area contributed by atoms with Gasteiger partial charge in [-0.3, -0.25) is 4.79 Å². The van der Waals surface area contributed by atoms with Crippen molar-refractivity contribution in [3.8, 4) is 17.6 Å². The lowest BCUT2D eigenvalue weighted by Gasteiger charge is -2.31. The predicted molar refractivity (Wildman–Crippen MR) is 86.8 cm³/mol. The highest BCUT2D eigenvalue weighted by Crippen LogP contribution is 2.42. The molecule has 122 valence electrons. The largest absolute Gasteiger partial charge is 0.493 e. The second-order valence-electron chi connectivity index (χ2n) is 5.38. The van der Waals surface area contributed by atoms with Gasteiger partial charge in [0.25, 0.3) is 5.91 Å². The van der Waals surface area contributed by atoms with Gasteiger partial charge in [0.05, 0.1) is 37.6 Å². The molecule has 1 amide bonds. The molecule has 6 nitrogen and oxygen atoms in total. The van der Waals surface area contributed by atoms with Crippen molar-refractivity contribution >= 4 is 11.6 Å². The van der Waals surface area contributed by atoms with Crippen molar-refractivity contribution in [1.29, 1.82) is 5.26 Å². The zero-order chi connectivity index (χ0) is 17.1. The summed E-state index contributed by atoms with van der Waals surface area (Å²) in [5, 5.41) is 18.3. The highest BCUT2D eigenvalue weighted by Gasteiger charge is 2.29. The first-order chi connectivity index (χ1) is 11.7. The number of amides is 1. The van der Waals surface area contributed by atoms with E-state index in [1.807, 2.05) is 12.1 Å². The van der Waals surface area contributed by atoms with Crippen LogP contribution >= 0.6 is 0 Å². The molecule has 2 aromatic rings. The van der Waals surface area contributed by atoms with E-state index >= 15 is 0 Å². The van der Waals surface area contributed by atoms with Crippen LogP contribution in [0.2, 0.25) is 0 Å². The molecule has 1 N–H and O–H groups in total. The second-order valence-corrected chi connectivity index (χ2v) is 5.38. The van der Waals surface area contributed by atoms with E-state index < -0.39 is 0 Å². The van der Waals surface area contributed by atoms with Crippen LogP contribution in [0.1, 0.15) is 16.7 Å². The minimum absolute atomic E-state index is 0.0713. The van der Waals surface area contributed by atoms with Crippen LogP contribution in [0, 0.1) is 11.3 Å². The summed E-state index contributed by atoms with van der Waals surface area (Å²) in [7, 11) is 1.52. The summed E-state index contributed by atoms with van der Waals surface area (Å²) in [6.07, 6.45) is 0. The van der Waals surface area contributed by atoms with Crippen LogP contribution in [0.25, 0.3) is 0 Å². The van der Waals surface area contributed by atoms with Crippen molar-refractivity contribution in [2.75, 3.05) is 18.6 Å². The van der Waals surface area contributed by atoms with Crippen molar-refractivity contribution < 1.29 is 19.4 Å². The maximum absolute atomic E-state index is 12.3. The number of carbonyl (C=O) groups excluding carboxylic acids is 1. The average molecular weight is 324 g/mol. The zero-order valence-electron chi connectivity index (χ0n) is 13.2. The van der Waals surface area contributed by atoms with Crippen LogP contribution in [-0.4, -0.2) is 24.7 Å². The molecule has 0 radical (unpaired) electrons. The maximum Gasteiger partial charge on any atom is 0.265 e. The summed E-state index contributed by atoms with van der Waals surface area (Å²) in [6, 6.07) is 12.5. The molecule has 1 heterocycles. The van der Waals surface area contributed by atoms with E-state index in [2.05, 4.69) is 6.07 Å². The lowest BCUT2D eigenvalue weighted by atomic mass is 10.1. The van der Waals surface area contributed by atoms with E-state index in [-0.39, 0.29) is 19.1 Å². The molecule has 0 fully saturated rings. The Morgan fingerprint density at radius 3 is 2.67 bits per heavy atom. The van der Waals surface area contributed by atoms with Gasteiger partial charge < -0.3 is 19.5 Å². The minimum atomic E-state index is -0.177. The van der Waals surface area contributed by atoms with Crippen LogP contribution in [-0.2, 0) is 17.9 Å². The van der Waals surface area contributed by atoms with Gasteiger partial charge in [0.1, 0.15) is 0 Å². The molecule has 0 unspecified atom stereocenters. The molecule has 1 aliphatic rings. The molecule has 0 aliphatic carbocycles. The van der Waals surface area contributed by atoms with Crippen molar-refractivity contribution in [2.45, 2.75) is 13.2 Å².